The summed E-state index contributed by atoms with van der Waals surface area (Å²) in [6, 6.07) is 7.75. The smallest absolute Gasteiger partial charge is 0.233 e. The Morgan fingerprint density at radius 2 is 2.04 bits per heavy atom. The van der Waals surface area contributed by atoms with E-state index in [0.717, 1.165) is 26.6 Å². The van der Waals surface area contributed by atoms with Gasteiger partial charge in [-0.1, -0.05) is 30.0 Å². The number of nitrogens with zero attached hydrogens (tertiary/aromatic N) is 3. The molecular weight excluding hydrogens is 366 g/mol. The van der Waals surface area contributed by atoms with Crippen molar-refractivity contribution >= 4 is 39.2 Å². The quantitative estimate of drug-likeness (QED) is 0.471. The second-order valence-corrected chi connectivity index (χ2v) is 8.16. The minimum absolute atomic E-state index is 0.0530. The molecule has 0 bridgehead atoms. The van der Waals surface area contributed by atoms with E-state index in [1.165, 1.54) is 22.2 Å². The molecule has 0 saturated carbocycles. The fourth-order valence-corrected chi connectivity index (χ4v) is 4.73. The first kappa shape index (κ1) is 18.7. The van der Waals surface area contributed by atoms with Gasteiger partial charge in [0.15, 0.2) is 0 Å². The molecule has 1 amide bonds. The van der Waals surface area contributed by atoms with Gasteiger partial charge in [-0.15, -0.1) is 11.3 Å². The van der Waals surface area contributed by atoms with Crippen molar-refractivity contribution in [3.8, 4) is 5.75 Å². The molecule has 0 aliphatic rings. The van der Waals surface area contributed by atoms with Gasteiger partial charge in [-0.25, -0.2) is 9.97 Å². The lowest BCUT2D eigenvalue weighted by Gasteiger charge is -2.18. The van der Waals surface area contributed by atoms with Crippen LogP contribution in [0.1, 0.15) is 16.0 Å². The highest BCUT2D eigenvalue weighted by Gasteiger charge is 2.16. The van der Waals surface area contributed by atoms with Gasteiger partial charge in [0.2, 0.25) is 5.91 Å². The normalized spacial score (nSPS) is 10.9. The molecule has 0 N–H and O–H groups in total. The molecule has 0 radical (unpaired) electrons. The molecule has 5 nitrogen and oxygen atoms in total. The summed E-state index contributed by atoms with van der Waals surface area (Å²) >= 11 is 3.13. The number of benzene rings is 1. The number of aryl methyl sites for hydroxylation is 2. The van der Waals surface area contributed by atoms with Crippen molar-refractivity contribution in [3.05, 3.63) is 46.6 Å². The molecule has 2 heterocycles. The zero-order valence-electron chi connectivity index (χ0n) is 15.3. The summed E-state index contributed by atoms with van der Waals surface area (Å²) in [6.45, 7) is 4.68. The van der Waals surface area contributed by atoms with Gasteiger partial charge in [-0.2, -0.15) is 0 Å². The van der Waals surface area contributed by atoms with Crippen LogP contribution in [0, 0.1) is 13.8 Å². The van der Waals surface area contributed by atoms with E-state index in [4.69, 9.17) is 4.74 Å². The Bertz CT molecular complexity index is 940. The van der Waals surface area contributed by atoms with Crippen molar-refractivity contribution < 1.29 is 9.53 Å². The van der Waals surface area contributed by atoms with Gasteiger partial charge in [-0.05, 0) is 25.5 Å². The summed E-state index contributed by atoms with van der Waals surface area (Å²) in [4.78, 5) is 25.2. The van der Waals surface area contributed by atoms with Crippen LogP contribution in [0.3, 0.4) is 0 Å². The van der Waals surface area contributed by atoms with Crippen LogP contribution in [0.5, 0.6) is 5.75 Å². The van der Waals surface area contributed by atoms with Crippen molar-refractivity contribution in [2.45, 2.75) is 25.4 Å². The number of hydrogen-bond acceptors (Lipinski definition) is 6. The average molecular weight is 388 g/mol. The highest BCUT2D eigenvalue weighted by atomic mass is 32.2. The molecule has 0 saturated heterocycles. The Balaban J connectivity index is 1.69. The van der Waals surface area contributed by atoms with E-state index in [2.05, 4.69) is 23.8 Å². The van der Waals surface area contributed by atoms with E-state index in [1.807, 2.05) is 31.3 Å². The van der Waals surface area contributed by atoms with E-state index >= 15 is 0 Å². The van der Waals surface area contributed by atoms with Crippen LogP contribution in [-0.4, -0.2) is 40.7 Å². The van der Waals surface area contributed by atoms with Crippen LogP contribution in [0.4, 0.5) is 0 Å². The van der Waals surface area contributed by atoms with Crippen molar-refractivity contribution in [2.75, 3.05) is 19.9 Å². The number of para-hydroxylation sites is 1. The van der Waals surface area contributed by atoms with Gasteiger partial charge < -0.3 is 9.64 Å². The molecule has 3 aromatic rings. The molecule has 0 unspecified atom stereocenters. The fraction of sp³-hybridized carbons (Fsp3) is 0.316. The SMILES string of the molecule is COc1ccccc1CN(C)C(=O)CSc1ncnc2sc(C)c(C)c12. The van der Waals surface area contributed by atoms with Gasteiger partial charge >= 0.3 is 0 Å². The zero-order chi connectivity index (χ0) is 18.7. The first-order valence-electron chi connectivity index (χ1n) is 8.20. The first-order chi connectivity index (χ1) is 12.5. The van der Waals surface area contributed by atoms with E-state index in [1.54, 1.807) is 29.7 Å². The maximum absolute atomic E-state index is 12.6. The number of carbonyl (C=O) groups is 1. The highest BCUT2D eigenvalue weighted by molar-refractivity contribution is 8.00. The molecule has 7 heteroatoms. The lowest BCUT2D eigenvalue weighted by atomic mass is 10.2. The zero-order valence-corrected chi connectivity index (χ0v) is 16.9. The molecule has 0 fully saturated rings. The van der Waals surface area contributed by atoms with Gasteiger partial charge in [0.1, 0.15) is 21.9 Å². The van der Waals surface area contributed by atoms with Crippen LogP contribution < -0.4 is 4.74 Å². The number of aromatic nitrogens is 2. The number of ether oxygens (including phenoxy) is 1. The van der Waals surface area contributed by atoms with Crippen LogP contribution in [0.2, 0.25) is 0 Å². The van der Waals surface area contributed by atoms with Gasteiger partial charge in [0.25, 0.3) is 0 Å². The molecule has 136 valence electrons. The third-order valence-electron chi connectivity index (χ3n) is 4.29. The van der Waals surface area contributed by atoms with Crippen molar-refractivity contribution in [2.24, 2.45) is 0 Å². The Morgan fingerprint density at radius 3 is 2.81 bits per heavy atom. The number of thioether (sulfide) groups is 1. The summed E-state index contributed by atoms with van der Waals surface area (Å²) in [5.41, 5.74) is 2.19. The van der Waals surface area contributed by atoms with Crippen molar-refractivity contribution in [1.82, 2.24) is 14.9 Å². The maximum Gasteiger partial charge on any atom is 0.233 e. The first-order valence-corrected chi connectivity index (χ1v) is 10.0. The minimum atomic E-state index is 0.0530. The number of carbonyl (C=O) groups excluding carboxylic acids is 1. The average Bonchev–Trinajstić information content (AvgIpc) is 2.94. The van der Waals surface area contributed by atoms with E-state index in [9.17, 15) is 4.79 Å². The second-order valence-electron chi connectivity index (χ2n) is 5.99. The summed E-state index contributed by atoms with van der Waals surface area (Å²) in [5, 5.41) is 1.94. The van der Waals surface area contributed by atoms with Crippen LogP contribution in [0.25, 0.3) is 10.2 Å². The fourth-order valence-electron chi connectivity index (χ4n) is 2.68. The van der Waals surface area contributed by atoms with Crippen molar-refractivity contribution in [3.63, 3.8) is 0 Å². The maximum atomic E-state index is 12.6. The molecule has 0 spiro atoms. The van der Waals surface area contributed by atoms with E-state index < -0.39 is 0 Å². The molecule has 3 rings (SSSR count). The predicted molar refractivity (Wildman–Crippen MR) is 107 cm³/mol. The van der Waals surface area contributed by atoms with Crippen LogP contribution in [-0.2, 0) is 11.3 Å². The van der Waals surface area contributed by atoms with Gasteiger partial charge in [-0.3, -0.25) is 4.79 Å². The molecule has 0 aliphatic heterocycles. The Hall–Kier alpha value is -2.12. The summed E-state index contributed by atoms with van der Waals surface area (Å²) in [5.74, 6) is 1.19. The number of thiophene rings is 1. The standard InChI is InChI=1S/C19H21N3O2S2/c1-12-13(2)26-19-17(12)18(20-11-21-19)25-10-16(23)22(3)9-14-7-5-6-8-15(14)24-4/h5-8,11H,9-10H2,1-4H3. The van der Waals surface area contributed by atoms with E-state index in [-0.39, 0.29) is 5.91 Å². The third kappa shape index (κ3) is 3.83. The van der Waals surface area contributed by atoms with Crippen LogP contribution >= 0.6 is 23.1 Å². The molecule has 2 aromatic heterocycles. The topological polar surface area (TPSA) is 55.3 Å². The number of methoxy groups -OCH3 is 1. The van der Waals surface area contributed by atoms with E-state index in [0.29, 0.717) is 12.3 Å². The lowest BCUT2D eigenvalue weighted by molar-refractivity contribution is -0.127. The Labute approximate surface area is 161 Å². The second kappa shape index (κ2) is 8.05. The number of rotatable bonds is 6. The lowest BCUT2D eigenvalue weighted by Crippen LogP contribution is -2.28. The number of amides is 1. The monoisotopic (exact) mass is 387 g/mol. The summed E-state index contributed by atoms with van der Waals surface area (Å²) in [6.07, 6.45) is 1.57. The summed E-state index contributed by atoms with van der Waals surface area (Å²) < 4.78 is 5.36. The number of fused-ring (bicyclic) bond motifs is 1. The Morgan fingerprint density at radius 1 is 1.27 bits per heavy atom. The highest BCUT2D eigenvalue weighted by Crippen LogP contribution is 2.34. The van der Waals surface area contributed by atoms with Gasteiger partial charge in [0, 0.05) is 29.4 Å². The largest absolute Gasteiger partial charge is 0.496 e. The van der Waals surface area contributed by atoms with Crippen molar-refractivity contribution in [1.29, 1.82) is 0 Å². The molecule has 0 aliphatic carbocycles. The minimum Gasteiger partial charge on any atom is -0.496 e. The van der Waals surface area contributed by atoms with Gasteiger partial charge in [0.05, 0.1) is 12.9 Å². The van der Waals surface area contributed by atoms with Crippen LogP contribution in [0.15, 0.2) is 35.6 Å². The Kier molecular flexibility index (Phi) is 5.78. The molecule has 1 aromatic carbocycles. The predicted octanol–water partition coefficient (Wildman–Crippen LogP) is 4.07. The molecular formula is C19H21N3O2S2. The third-order valence-corrected chi connectivity index (χ3v) is 6.38. The molecule has 0 atom stereocenters. The molecule has 26 heavy (non-hydrogen) atoms. The number of hydrogen-bond donors (Lipinski definition) is 0. The summed E-state index contributed by atoms with van der Waals surface area (Å²) in [7, 11) is 3.45.